The predicted molar refractivity (Wildman–Crippen MR) is 126 cm³/mol. The van der Waals surface area contributed by atoms with Crippen molar-refractivity contribution in [2.75, 3.05) is 28.6 Å². The van der Waals surface area contributed by atoms with E-state index in [2.05, 4.69) is 41.4 Å². The highest BCUT2D eigenvalue weighted by Gasteiger charge is 2.16. The monoisotopic (exact) mass is 485 g/mol. The van der Waals surface area contributed by atoms with Crippen LogP contribution in [0.1, 0.15) is 29.0 Å². The van der Waals surface area contributed by atoms with Crippen LogP contribution in [0.15, 0.2) is 46.3 Å². The van der Waals surface area contributed by atoms with Crippen molar-refractivity contribution in [1.29, 1.82) is 0 Å². The quantitative estimate of drug-likeness (QED) is 0.492. The molecule has 6 nitrogen and oxygen atoms in total. The third kappa shape index (κ3) is 5.58. The lowest BCUT2D eigenvalue weighted by Crippen LogP contribution is -2.21. The van der Waals surface area contributed by atoms with Crippen LogP contribution in [0.2, 0.25) is 0 Å². The first-order valence-corrected chi connectivity index (χ1v) is 11.7. The molecular formula is C22H24BrN5OS. The third-order valence-electron chi connectivity index (χ3n) is 4.90. The zero-order valence-corrected chi connectivity index (χ0v) is 19.2. The molecule has 4 rings (SSSR count). The number of hydrogen-bond donors (Lipinski definition) is 2. The molecule has 1 fully saturated rings. The summed E-state index contributed by atoms with van der Waals surface area (Å²) in [5.41, 5.74) is 2.88. The summed E-state index contributed by atoms with van der Waals surface area (Å²) in [4.78, 5) is 24.7. The maximum Gasteiger partial charge on any atom is 0.229 e. The fourth-order valence-corrected chi connectivity index (χ4v) is 4.86. The maximum absolute atomic E-state index is 12.2. The normalized spacial score (nSPS) is 13.5. The average molecular weight is 486 g/mol. The summed E-state index contributed by atoms with van der Waals surface area (Å²) in [6.07, 6.45) is 2.79. The molecule has 0 radical (unpaired) electrons. The van der Waals surface area contributed by atoms with Gasteiger partial charge < -0.3 is 15.5 Å². The highest BCUT2D eigenvalue weighted by atomic mass is 79.9. The Hall–Kier alpha value is -2.45. The summed E-state index contributed by atoms with van der Waals surface area (Å²) in [5, 5.41) is 8.33. The van der Waals surface area contributed by atoms with Gasteiger partial charge in [0.05, 0.1) is 6.42 Å². The number of carbonyl (C=O) groups is 1. The Balaban J connectivity index is 1.32. The topological polar surface area (TPSA) is 70.2 Å². The number of anilines is 3. The Labute approximate surface area is 188 Å². The molecule has 1 aliphatic heterocycles. The van der Waals surface area contributed by atoms with Crippen molar-refractivity contribution in [2.45, 2.75) is 32.7 Å². The summed E-state index contributed by atoms with van der Waals surface area (Å²) in [6.45, 7) is 4.71. The molecule has 2 aromatic heterocycles. The fourth-order valence-electron chi connectivity index (χ4n) is 3.41. The van der Waals surface area contributed by atoms with E-state index in [0.29, 0.717) is 13.0 Å². The molecular weight excluding hydrogens is 462 g/mol. The molecule has 0 spiro atoms. The number of aromatic nitrogens is 2. The number of rotatable bonds is 7. The molecule has 30 heavy (non-hydrogen) atoms. The largest absolute Gasteiger partial charge is 0.366 e. The van der Waals surface area contributed by atoms with Gasteiger partial charge >= 0.3 is 0 Å². The molecule has 0 aliphatic carbocycles. The van der Waals surface area contributed by atoms with Gasteiger partial charge in [-0.15, -0.1) is 11.3 Å². The van der Waals surface area contributed by atoms with E-state index in [1.165, 1.54) is 12.8 Å². The minimum atomic E-state index is -0.0128. The van der Waals surface area contributed by atoms with E-state index in [1.54, 1.807) is 11.3 Å². The Morgan fingerprint density at radius 1 is 1.17 bits per heavy atom. The van der Waals surface area contributed by atoms with Gasteiger partial charge in [0, 0.05) is 51.8 Å². The van der Waals surface area contributed by atoms with Gasteiger partial charge in [0.25, 0.3) is 0 Å². The highest BCUT2D eigenvalue weighted by molar-refractivity contribution is 9.10. The Morgan fingerprint density at radius 3 is 2.63 bits per heavy atom. The maximum atomic E-state index is 12.2. The average Bonchev–Trinajstić information content (AvgIpc) is 3.39. The fraction of sp³-hybridized carbons (Fsp3) is 0.318. The van der Waals surface area contributed by atoms with Crippen molar-refractivity contribution in [3.8, 4) is 0 Å². The second-order valence-corrected chi connectivity index (χ2v) is 9.31. The zero-order valence-electron chi connectivity index (χ0n) is 16.8. The number of thiophene rings is 1. The Kier molecular flexibility index (Phi) is 6.64. The first-order chi connectivity index (χ1) is 14.5. The van der Waals surface area contributed by atoms with E-state index in [1.807, 2.05) is 48.7 Å². The van der Waals surface area contributed by atoms with E-state index < -0.39 is 0 Å². The molecule has 2 N–H and O–H groups in total. The summed E-state index contributed by atoms with van der Waals surface area (Å²) < 4.78 is 1.01. The number of halogens is 1. The molecule has 8 heteroatoms. The van der Waals surface area contributed by atoms with Crippen LogP contribution in [-0.2, 0) is 17.8 Å². The standard InChI is InChI=1S/C22H24BrN5OS/c1-15-10-20(27-22(25-15)28-8-2-3-9-28)24-13-16-4-6-18(7-5-16)26-21(29)12-19-11-17(23)14-30-19/h4-7,10-11,14H,2-3,8-9,12-13H2,1H3,(H,26,29)(H,24,25,27). The lowest BCUT2D eigenvalue weighted by Gasteiger charge is -2.17. The number of aryl methyl sites for hydroxylation is 1. The van der Waals surface area contributed by atoms with Crippen LogP contribution in [-0.4, -0.2) is 29.0 Å². The van der Waals surface area contributed by atoms with Gasteiger partial charge in [0.1, 0.15) is 5.82 Å². The second-order valence-electron chi connectivity index (χ2n) is 7.40. The Morgan fingerprint density at radius 2 is 1.93 bits per heavy atom. The zero-order chi connectivity index (χ0) is 20.9. The van der Waals surface area contributed by atoms with Gasteiger partial charge in [0.15, 0.2) is 0 Å². The third-order valence-corrected chi connectivity index (χ3v) is 6.60. The molecule has 1 saturated heterocycles. The molecule has 1 aliphatic rings. The molecule has 1 amide bonds. The summed E-state index contributed by atoms with van der Waals surface area (Å²) in [5.74, 6) is 1.64. The number of nitrogens with zero attached hydrogens (tertiary/aromatic N) is 3. The minimum Gasteiger partial charge on any atom is -0.366 e. The molecule has 0 unspecified atom stereocenters. The van der Waals surface area contributed by atoms with Crippen LogP contribution in [0.4, 0.5) is 17.5 Å². The van der Waals surface area contributed by atoms with Crippen molar-refractivity contribution in [1.82, 2.24) is 9.97 Å². The number of nitrogens with one attached hydrogen (secondary N) is 2. The molecule has 0 atom stereocenters. The Bertz CT molecular complexity index is 1010. The summed E-state index contributed by atoms with van der Waals surface area (Å²) in [6, 6.07) is 11.8. The van der Waals surface area contributed by atoms with Gasteiger partial charge in [-0.25, -0.2) is 4.98 Å². The first-order valence-electron chi connectivity index (χ1n) is 10.0. The number of carbonyl (C=O) groups excluding carboxylic acids is 1. The highest BCUT2D eigenvalue weighted by Crippen LogP contribution is 2.21. The number of amides is 1. The van der Waals surface area contributed by atoms with E-state index >= 15 is 0 Å². The van der Waals surface area contributed by atoms with Crippen molar-refractivity contribution < 1.29 is 4.79 Å². The molecule has 3 aromatic rings. The van der Waals surface area contributed by atoms with Crippen molar-refractivity contribution in [3.63, 3.8) is 0 Å². The SMILES string of the molecule is Cc1cc(NCc2ccc(NC(=O)Cc3cc(Br)cs3)cc2)nc(N2CCCC2)n1. The molecule has 0 bridgehead atoms. The van der Waals surface area contributed by atoms with Gasteiger partial charge in [-0.2, -0.15) is 4.98 Å². The number of hydrogen-bond acceptors (Lipinski definition) is 6. The van der Waals surface area contributed by atoms with E-state index in [9.17, 15) is 4.79 Å². The molecule has 0 saturated carbocycles. The van der Waals surface area contributed by atoms with Crippen molar-refractivity contribution in [2.24, 2.45) is 0 Å². The van der Waals surface area contributed by atoms with Crippen molar-refractivity contribution >= 4 is 50.6 Å². The van der Waals surface area contributed by atoms with Gasteiger partial charge in [-0.1, -0.05) is 12.1 Å². The van der Waals surface area contributed by atoms with E-state index in [0.717, 1.165) is 51.2 Å². The van der Waals surface area contributed by atoms with Crippen molar-refractivity contribution in [3.05, 3.63) is 62.4 Å². The van der Waals surface area contributed by atoms with Gasteiger partial charge in [-0.05, 0) is 59.5 Å². The van der Waals surface area contributed by atoms with Gasteiger partial charge in [0.2, 0.25) is 11.9 Å². The lowest BCUT2D eigenvalue weighted by atomic mass is 10.2. The minimum absolute atomic E-state index is 0.0128. The van der Waals surface area contributed by atoms with Crippen LogP contribution in [0.25, 0.3) is 0 Å². The smallest absolute Gasteiger partial charge is 0.229 e. The number of benzene rings is 1. The van der Waals surface area contributed by atoms with E-state index in [4.69, 9.17) is 0 Å². The summed E-state index contributed by atoms with van der Waals surface area (Å²) >= 11 is 4.99. The molecule has 156 valence electrons. The predicted octanol–water partition coefficient (Wildman–Crippen LogP) is 5.00. The van der Waals surface area contributed by atoms with Crippen LogP contribution in [0, 0.1) is 6.92 Å². The summed E-state index contributed by atoms with van der Waals surface area (Å²) in [7, 11) is 0. The van der Waals surface area contributed by atoms with Crippen LogP contribution >= 0.6 is 27.3 Å². The first kappa shape index (κ1) is 20.8. The lowest BCUT2D eigenvalue weighted by molar-refractivity contribution is -0.115. The van der Waals surface area contributed by atoms with Crippen LogP contribution in [0.5, 0.6) is 0 Å². The van der Waals surface area contributed by atoms with E-state index in [-0.39, 0.29) is 5.91 Å². The molecule has 3 heterocycles. The second kappa shape index (κ2) is 9.57. The van der Waals surface area contributed by atoms with Crippen LogP contribution in [0.3, 0.4) is 0 Å². The van der Waals surface area contributed by atoms with Gasteiger partial charge in [-0.3, -0.25) is 4.79 Å². The van der Waals surface area contributed by atoms with Crippen LogP contribution < -0.4 is 15.5 Å². The molecule has 1 aromatic carbocycles.